The molecule has 1 aliphatic carbocycles. The van der Waals surface area contributed by atoms with Crippen LogP contribution in [-0.2, 0) is 11.2 Å². The molecule has 1 N–H and O–H groups in total. The first-order valence-corrected chi connectivity index (χ1v) is 7.47. The van der Waals surface area contributed by atoms with Gasteiger partial charge in [0, 0.05) is 12.6 Å². The number of hydrogen-bond donors (Lipinski definition) is 1. The van der Waals surface area contributed by atoms with Crippen LogP contribution in [0.4, 0.5) is 13.2 Å². The molecule has 2 atom stereocenters. The highest BCUT2D eigenvalue weighted by Crippen LogP contribution is 2.36. The van der Waals surface area contributed by atoms with Crippen molar-refractivity contribution in [1.82, 2.24) is 5.32 Å². The summed E-state index contributed by atoms with van der Waals surface area (Å²) >= 11 is 0. The van der Waals surface area contributed by atoms with Gasteiger partial charge < -0.3 is 10.1 Å². The third-order valence-corrected chi connectivity index (χ3v) is 3.97. The summed E-state index contributed by atoms with van der Waals surface area (Å²) in [6.45, 7) is 1.91. The van der Waals surface area contributed by atoms with Crippen molar-refractivity contribution >= 4 is 0 Å². The zero-order chi connectivity index (χ0) is 15.3. The maximum atomic E-state index is 12.1. The minimum absolute atomic E-state index is 0.161. The minimum atomic E-state index is -4.24. The summed E-state index contributed by atoms with van der Waals surface area (Å²) in [6, 6.07) is 8.52. The van der Waals surface area contributed by atoms with Crippen molar-refractivity contribution in [2.24, 2.45) is 5.92 Å². The Morgan fingerprint density at radius 3 is 2.76 bits per heavy atom. The molecular formula is C16H22F3NO. The molecule has 0 aromatic heterocycles. The molecular weight excluding hydrogens is 279 g/mol. The van der Waals surface area contributed by atoms with Gasteiger partial charge in [-0.15, -0.1) is 0 Å². The Hall–Kier alpha value is -1.07. The van der Waals surface area contributed by atoms with E-state index in [1.54, 1.807) is 0 Å². The molecule has 1 aromatic carbocycles. The van der Waals surface area contributed by atoms with E-state index in [9.17, 15) is 13.2 Å². The average molecular weight is 301 g/mol. The lowest BCUT2D eigenvalue weighted by Gasteiger charge is -2.34. The van der Waals surface area contributed by atoms with E-state index in [2.05, 4.69) is 24.4 Å². The molecule has 0 saturated carbocycles. The largest absolute Gasteiger partial charge is 0.411 e. The highest BCUT2D eigenvalue weighted by atomic mass is 19.4. The van der Waals surface area contributed by atoms with Gasteiger partial charge in [0.25, 0.3) is 0 Å². The van der Waals surface area contributed by atoms with Crippen LogP contribution >= 0.6 is 0 Å². The van der Waals surface area contributed by atoms with Crippen molar-refractivity contribution in [3.63, 3.8) is 0 Å². The highest BCUT2D eigenvalue weighted by molar-refractivity contribution is 5.33. The molecule has 2 rings (SSSR count). The Morgan fingerprint density at radius 2 is 2.05 bits per heavy atom. The number of alkyl halides is 3. The molecule has 2 unspecified atom stereocenters. The van der Waals surface area contributed by atoms with Crippen molar-refractivity contribution in [3.05, 3.63) is 35.4 Å². The maximum Gasteiger partial charge on any atom is 0.411 e. The Bertz CT molecular complexity index is 447. The van der Waals surface area contributed by atoms with Crippen molar-refractivity contribution < 1.29 is 17.9 Å². The summed E-state index contributed by atoms with van der Waals surface area (Å²) < 4.78 is 41.0. The maximum absolute atomic E-state index is 12.1. The normalized spacial score (nSPS) is 22.1. The van der Waals surface area contributed by atoms with Crippen molar-refractivity contribution in [2.45, 2.75) is 38.4 Å². The summed E-state index contributed by atoms with van der Waals surface area (Å²) in [4.78, 5) is 0. The second-order valence-corrected chi connectivity index (χ2v) is 5.49. The summed E-state index contributed by atoms with van der Waals surface area (Å²) in [5.74, 6) is 0.327. The molecule has 5 heteroatoms. The number of benzene rings is 1. The van der Waals surface area contributed by atoms with Crippen LogP contribution in [0.2, 0.25) is 0 Å². The van der Waals surface area contributed by atoms with Gasteiger partial charge in [0.15, 0.2) is 0 Å². The molecule has 0 bridgehead atoms. The Balaban J connectivity index is 1.93. The van der Waals surface area contributed by atoms with E-state index in [1.807, 2.05) is 12.1 Å². The van der Waals surface area contributed by atoms with Crippen LogP contribution in [-0.4, -0.2) is 25.9 Å². The molecule has 0 heterocycles. The predicted octanol–water partition coefficient (Wildman–Crippen LogP) is 3.87. The molecule has 21 heavy (non-hydrogen) atoms. The van der Waals surface area contributed by atoms with Crippen LogP contribution in [0.5, 0.6) is 0 Å². The molecule has 0 amide bonds. The summed E-state index contributed by atoms with van der Waals surface area (Å²) in [6.07, 6.45) is -1.60. The second kappa shape index (κ2) is 7.27. The fourth-order valence-electron chi connectivity index (χ4n) is 3.06. The molecule has 0 saturated heterocycles. The van der Waals surface area contributed by atoms with Crippen LogP contribution in [0, 0.1) is 5.92 Å². The number of aryl methyl sites for hydroxylation is 1. The van der Waals surface area contributed by atoms with Crippen LogP contribution in [0.25, 0.3) is 0 Å². The van der Waals surface area contributed by atoms with Gasteiger partial charge in [-0.25, -0.2) is 0 Å². The Labute approximate surface area is 123 Å². The van der Waals surface area contributed by atoms with Gasteiger partial charge in [-0.05, 0) is 42.9 Å². The van der Waals surface area contributed by atoms with Gasteiger partial charge in [-0.3, -0.25) is 0 Å². The van der Waals surface area contributed by atoms with Crippen LogP contribution in [0.3, 0.4) is 0 Å². The molecule has 2 nitrogen and oxygen atoms in total. The quantitative estimate of drug-likeness (QED) is 0.805. The molecule has 0 fully saturated rings. The molecule has 1 aromatic rings. The Morgan fingerprint density at radius 1 is 1.29 bits per heavy atom. The van der Waals surface area contributed by atoms with Gasteiger partial charge in [0.2, 0.25) is 0 Å². The molecule has 0 aliphatic heterocycles. The third kappa shape index (κ3) is 4.71. The monoisotopic (exact) mass is 301 g/mol. The predicted molar refractivity (Wildman–Crippen MR) is 76.2 cm³/mol. The third-order valence-electron chi connectivity index (χ3n) is 3.97. The fraction of sp³-hybridized carbons (Fsp3) is 0.625. The number of nitrogens with one attached hydrogen (secondary N) is 1. The van der Waals surface area contributed by atoms with E-state index in [-0.39, 0.29) is 12.6 Å². The highest BCUT2D eigenvalue weighted by Gasteiger charge is 2.30. The summed E-state index contributed by atoms with van der Waals surface area (Å²) in [7, 11) is 0. The lowest BCUT2D eigenvalue weighted by molar-refractivity contribution is -0.174. The zero-order valence-corrected chi connectivity index (χ0v) is 12.2. The second-order valence-electron chi connectivity index (χ2n) is 5.49. The standard InChI is InChI=1S/C16H22F3NO/c1-2-20-15-13(9-10-21-11-16(17,18)19)8-7-12-5-3-4-6-14(12)15/h3-6,13,15,20H,2,7-11H2,1H3. The van der Waals surface area contributed by atoms with Crippen LogP contribution in [0.1, 0.15) is 36.9 Å². The van der Waals surface area contributed by atoms with E-state index in [0.717, 1.165) is 19.4 Å². The van der Waals surface area contributed by atoms with Gasteiger partial charge >= 0.3 is 6.18 Å². The van der Waals surface area contributed by atoms with E-state index in [0.29, 0.717) is 12.3 Å². The molecule has 1 aliphatic rings. The fourth-order valence-corrected chi connectivity index (χ4v) is 3.06. The van der Waals surface area contributed by atoms with Gasteiger partial charge in [-0.1, -0.05) is 31.2 Å². The van der Waals surface area contributed by atoms with E-state index >= 15 is 0 Å². The topological polar surface area (TPSA) is 21.3 Å². The number of halogens is 3. The Kier molecular flexibility index (Phi) is 5.65. The van der Waals surface area contributed by atoms with E-state index in [1.165, 1.54) is 11.1 Å². The van der Waals surface area contributed by atoms with Crippen LogP contribution < -0.4 is 5.32 Å². The van der Waals surface area contributed by atoms with E-state index in [4.69, 9.17) is 4.74 Å². The first-order chi connectivity index (χ1) is 10.0. The number of fused-ring (bicyclic) bond motifs is 1. The SMILES string of the molecule is CCNC1c2ccccc2CCC1CCOCC(F)(F)F. The first-order valence-electron chi connectivity index (χ1n) is 7.47. The lowest BCUT2D eigenvalue weighted by atomic mass is 9.78. The van der Waals surface area contributed by atoms with Crippen molar-refractivity contribution in [1.29, 1.82) is 0 Å². The van der Waals surface area contributed by atoms with E-state index < -0.39 is 12.8 Å². The number of ether oxygens (including phenoxy) is 1. The smallest absolute Gasteiger partial charge is 0.372 e. The summed E-state index contributed by atoms with van der Waals surface area (Å²) in [5, 5.41) is 3.47. The molecule has 0 radical (unpaired) electrons. The van der Waals surface area contributed by atoms with Crippen molar-refractivity contribution in [3.8, 4) is 0 Å². The zero-order valence-electron chi connectivity index (χ0n) is 12.2. The molecule has 0 spiro atoms. The van der Waals surface area contributed by atoms with Crippen molar-refractivity contribution in [2.75, 3.05) is 19.8 Å². The van der Waals surface area contributed by atoms with Gasteiger partial charge in [0.1, 0.15) is 6.61 Å². The van der Waals surface area contributed by atoms with Gasteiger partial charge in [-0.2, -0.15) is 13.2 Å². The average Bonchev–Trinajstić information content (AvgIpc) is 2.44. The lowest BCUT2D eigenvalue weighted by Crippen LogP contribution is -2.33. The number of hydrogen-bond acceptors (Lipinski definition) is 2. The number of rotatable bonds is 6. The van der Waals surface area contributed by atoms with Gasteiger partial charge in [0.05, 0.1) is 0 Å². The minimum Gasteiger partial charge on any atom is -0.372 e. The first kappa shape index (κ1) is 16.3. The summed E-state index contributed by atoms with van der Waals surface area (Å²) in [5.41, 5.74) is 2.63. The molecule has 118 valence electrons. The van der Waals surface area contributed by atoms with Crippen LogP contribution in [0.15, 0.2) is 24.3 Å².